The van der Waals surface area contributed by atoms with Crippen molar-refractivity contribution >= 4 is 17.5 Å². The normalized spacial score (nSPS) is 10.3. The lowest BCUT2D eigenvalue weighted by molar-refractivity contribution is -0.121. The van der Waals surface area contributed by atoms with Crippen LogP contribution in [0.2, 0.25) is 0 Å². The van der Waals surface area contributed by atoms with E-state index in [2.05, 4.69) is 17.1 Å². The van der Waals surface area contributed by atoms with E-state index < -0.39 is 0 Å². The molecule has 0 aliphatic carbocycles. The second-order valence-electron chi connectivity index (χ2n) is 5.64. The zero-order chi connectivity index (χ0) is 17.2. The molecule has 0 heterocycles. The van der Waals surface area contributed by atoms with Gasteiger partial charge in [0.05, 0.1) is 6.54 Å². The van der Waals surface area contributed by atoms with Gasteiger partial charge in [-0.25, -0.2) is 0 Å². The number of hydrogen-bond donors (Lipinski definition) is 1. The van der Waals surface area contributed by atoms with Gasteiger partial charge in [0, 0.05) is 37.9 Å². The predicted molar refractivity (Wildman–Crippen MR) is 94.9 cm³/mol. The molecule has 0 spiro atoms. The topological polar surface area (TPSA) is 52.7 Å². The van der Waals surface area contributed by atoms with Gasteiger partial charge in [0.15, 0.2) is 0 Å². The summed E-state index contributed by atoms with van der Waals surface area (Å²) in [5, 5.41) is 2.82. The predicted octanol–water partition coefficient (Wildman–Crippen LogP) is 2.52. The molecule has 0 unspecified atom stereocenters. The van der Waals surface area contributed by atoms with Gasteiger partial charge in [0.2, 0.25) is 5.91 Å². The van der Waals surface area contributed by atoms with Gasteiger partial charge in [-0.15, -0.1) is 0 Å². The molecule has 2 amide bonds. The highest BCUT2D eigenvalue weighted by molar-refractivity contribution is 5.96. The van der Waals surface area contributed by atoms with Gasteiger partial charge in [-0.1, -0.05) is 13.8 Å². The van der Waals surface area contributed by atoms with E-state index in [1.54, 1.807) is 4.90 Å². The fourth-order valence-electron chi connectivity index (χ4n) is 2.24. The third-order valence-corrected chi connectivity index (χ3v) is 3.72. The molecule has 1 aromatic rings. The Hall–Kier alpha value is -2.04. The molecule has 0 radical (unpaired) electrons. The molecular weight excluding hydrogens is 290 g/mol. The first-order valence-electron chi connectivity index (χ1n) is 8.40. The first-order valence-corrected chi connectivity index (χ1v) is 8.40. The van der Waals surface area contributed by atoms with E-state index in [1.165, 1.54) is 0 Å². The van der Waals surface area contributed by atoms with E-state index in [1.807, 2.05) is 45.2 Å². The summed E-state index contributed by atoms with van der Waals surface area (Å²) in [5.74, 6) is -0.194. The number of anilines is 1. The number of rotatable bonds is 9. The van der Waals surface area contributed by atoms with Crippen molar-refractivity contribution in [3.63, 3.8) is 0 Å². The number of benzene rings is 1. The maximum atomic E-state index is 12.6. The van der Waals surface area contributed by atoms with Crippen LogP contribution in [-0.2, 0) is 4.79 Å². The first kappa shape index (κ1) is 19.0. The molecule has 0 atom stereocenters. The van der Waals surface area contributed by atoms with Crippen LogP contribution in [0.25, 0.3) is 0 Å². The number of hydrogen-bond acceptors (Lipinski definition) is 3. The monoisotopic (exact) mass is 319 g/mol. The summed E-state index contributed by atoms with van der Waals surface area (Å²) in [6, 6.07) is 7.54. The molecule has 1 N–H and O–H groups in total. The van der Waals surface area contributed by atoms with E-state index in [4.69, 9.17) is 0 Å². The highest BCUT2D eigenvalue weighted by Crippen LogP contribution is 2.15. The minimum Gasteiger partial charge on any atom is -0.375 e. The molecule has 1 aromatic carbocycles. The van der Waals surface area contributed by atoms with Crippen LogP contribution < -0.4 is 10.2 Å². The lowest BCUT2D eigenvalue weighted by atomic mass is 10.1. The molecule has 0 saturated heterocycles. The van der Waals surface area contributed by atoms with Crippen LogP contribution in [0.1, 0.15) is 44.0 Å². The van der Waals surface area contributed by atoms with E-state index in [9.17, 15) is 9.59 Å². The highest BCUT2D eigenvalue weighted by atomic mass is 16.2. The Morgan fingerprint density at radius 1 is 1.04 bits per heavy atom. The molecule has 1 rings (SSSR count). The Balaban J connectivity index is 2.78. The number of nitrogens with zero attached hydrogens (tertiary/aromatic N) is 2. The highest BCUT2D eigenvalue weighted by Gasteiger charge is 2.18. The van der Waals surface area contributed by atoms with Gasteiger partial charge in [-0.3, -0.25) is 9.59 Å². The largest absolute Gasteiger partial charge is 0.375 e. The Kier molecular flexibility index (Phi) is 8.16. The maximum absolute atomic E-state index is 12.6. The van der Waals surface area contributed by atoms with Crippen LogP contribution in [0.4, 0.5) is 5.69 Å². The van der Waals surface area contributed by atoms with E-state index >= 15 is 0 Å². The quantitative estimate of drug-likeness (QED) is 0.761. The first-order chi connectivity index (χ1) is 11.0. The van der Waals surface area contributed by atoms with Gasteiger partial charge in [0.25, 0.3) is 5.91 Å². The smallest absolute Gasteiger partial charge is 0.254 e. The Morgan fingerprint density at radius 3 is 2.22 bits per heavy atom. The van der Waals surface area contributed by atoms with Gasteiger partial charge in [0.1, 0.15) is 0 Å². The second kappa shape index (κ2) is 9.87. The molecule has 23 heavy (non-hydrogen) atoms. The van der Waals surface area contributed by atoms with Crippen LogP contribution in [0.3, 0.4) is 0 Å². The Bertz CT molecular complexity index is 499. The lowest BCUT2D eigenvalue weighted by Crippen LogP contribution is -2.41. The van der Waals surface area contributed by atoms with Crippen LogP contribution in [0.5, 0.6) is 0 Å². The van der Waals surface area contributed by atoms with Crippen LogP contribution in [-0.4, -0.2) is 49.9 Å². The fraction of sp³-hybridized carbons (Fsp3) is 0.556. The van der Waals surface area contributed by atoms with E-state index in [-0.39, 0.29) is 18.4 Å². The summed E-state index contributed by atoms with van der Waals surface area (Å²) in [7, 11) is 2.01. The summed E-state index contributed by atoms with van der Waals surface area (Å²) < 4.78 is 0. The molecule has 0 aliphatic rings. The van der Waals surface area contributed by atoms with E-state index in [0.29, 0.717) is 18.7 Å². The van der Waals surface area contributed by atoms with E-state index in [0.717, 1.165) is 25.1 Å². The molecule has 128 valence electrons. The van der Waals surface area contributed by atoms with Crippen LogP contribution in [0.15, 0.2) is 24.3 Å². The molecule has 0 saturated carbocycles. The summed E-state index contributed by atoms with van der Waals surface area (Å²) in [6.45, 7) is 8.33. The van der Waals surface area contributed by atoms with Gasteiger partial charge < -0.3 is 15.1 Å². The fourth-order valence-corrected chi connectivity index (χ4v) is 2.24. The minimum atomic E-state index is -0.101. The van der Waals surface area contributed by atoms with Crippen molar-refractivity contribution in [3.8, 4) is 0 Å². The average Bonchev–Trinajstić information content (AvgIpc) is 2.58. The molecule has 0 fully saturated rings. The van der Waals surface area contributed by atoms with Gasteiger partial charge >= 0.3 is 0 Å². The van der Waals surface area contributed by atoms with Crippen molar-refractivity contribution in [2.45, 2.75) is 33.6 Å². The summed E-state index contributed by atoms with van der Waals surface area (Å²) >= 11 is 0. The number of carbonyl (C=O) groups excluding carboxylic acids is 2. The number of amides is 2. The summed E-state index contributed by atoms with van der Waals surface area (Å²) in [6.07, 6.45) is 1.71. The standard InChI is InChI=1S/C18H29N3O2/c1-5-12-19-17(22)14-21(13-6-2)18(23)15-8-10-16(11-9-15)20(4)7-3/h8-11H,5-7,12-14H2,1-4H3,(H,19,22). The number of carbonyl (C=O) groups is 2. The van der Waals surface area contributed by atoms with Gasteiger partial charge in [-0.2, -0.15) is 0 Å². The second-order valence-corrected chi connectivity index (χ2v) is 5.64. The molecule has 0 aromatic heterocycles. The third-order valence-electron chi connectivity index (χ3n) is 3.72. The average molecular weight is 319 g/mol. The van der Waals surface area contributed by atoms with Crippen molar-refractivity contribution in [2.75, 3.05) is 38.1 Å². The number of nitrogens with one attached hydrogen (secondary N) is 1. The Labute approximate surface area is 139 Å². The van der Waals surface area contributed by atoms with Gasteiger partial charge in [-0.05, 0) is 44.0 Å². The maximum Gasteiger partial charge on any atom is 0.254 e. The lowest BCUT2D eigenvalue weighted by Gasteiger charge is -2.22. The van der Waals surface area contributed by atoms with Crippen molar-refractivity contribution < 1.29 is 9.59 Å². The van der Waals surface area contributed by atoms with Crippen LogP contribution in [0, 0.1) is 0 Å². The third kappa shape index (κ3) is 5.93. The molecule has 0 bridgehead atoms. The Morgan fingerprint density at radius 2 is 1.70 bits per heavy atom. The molecule has 0 aliphatic heterocycles. The molecular formula is C18H29N3O2. The van der Waals surface area contributed by atoms with Crippen molar-refractivity contribution in [3.05, 3.63) is 29.8 Å². The molecule has 5 nitrogen and oxygen atoms in total. The van der Waals surface area contributed by atoms with Crippen LogP contribution >= 0.6 is 0 Å². The minimum absolute atomic E-state index is 0.0933. The summed E-state index contributed by atoms with van der Waals surface area (Å²) in [4.78, 5) is 28.2. The SMILES string of the molecule is CCCNC(=O)CN(CCC)C(=O)c1ccc(N(C)CC)cc1. The zero-order valence-electron chi connectivity index (χ0n) is 14.8. The van der Waals surface area contributed by atoms with Crippen molar-refractivity contribution in [2.24, 2.45) is 0 Å². The van der Waals surface area contributed by atoms with Crippen molar-refractivity contribution in [1.29, 1.82) is 0 Å². The zero-order valence-corrected chi connectivity index (χ0v) is 14.8. The van der Waals surface area contributed by atoms with Crippen molar-refractivity contribution in [1.82, 2.24) is 10.2 Å². The molecule has 5 heteroatoms. The summed E-state index contributed by atoms with van der Waals surface area (Å²) in [5.41, 5.74) is 1.70.